The van der Waals surface area contributed by atoms with Crippen LogP contribution in [0.1, 0.15) is 34.3 Å². The minimum Gasteiger partial charge on any atom is -0.292 e. The van der Waals surface area contributed by atoms with Crippen LogP contribution in [0.4, 0.5) is 4.39 Å². The Balaban J connectivity index is 2.41. The summed E-state index contributed by atoms with van der Waals surface area (Å²) >= 11 is 0. The quantitative estimate of drug-likeness (QED) is 0.513. The summed E-state index contributed by atoms with van der Waals surface area (Å²) in [4.78, 5) is 46.8. The summed E-state index contributed by atoms with van der Waals surface area (Å²) in [6.07, 6.45) is -0.848. The predicted octanol–water partition coefficient (Wildman–Crippen LogP) is 1.00. The molecule has 7 heteroatoms. The van der Waals surface area contributed by atoms with Crippen molar-refractivity contribution in [2.45, 2.75) is 32.5 Å². The van der Waals surface area contributed by atoms with E-state index in [1.165, 1.54) is 6.07 Å². The van der Waals surface area contributed by atoms with Gasteiger partial charge in [0.25, 0.3) is 17.6 Å². The van der Waals surface area contributed by atoms with Crippen molar-refractivity contribution in [1.29, 1.82) is 0 Å². The van der Waals surface area contributed by atoms with Crippen molar-refractivity contribution in [1.82, 2.24) is 10.2 Å². The Bertz CT molecular complexity index is 674. The van der Waals surface area contributed by atoms with Crippen LogP contribution in [0.15, 0.2) is 18.2 Å². The van der Waals surface area contributed by atoms with E-state index in [1.807, 2.05) is 5.32 Å². The van der Waals surface area contributed by atoms with Gasteiger partial charge in [0.2, 0.25) is 12.3 Å². The first kappa shape index (κ1) is 15.8. The van der Waals surface area contributed by atoms with Gasteiger partial charge < -0.3 is 0 Å². The van der Waals surface area contributed by atoms with E-state index in [9.17, 15) is 23.6 Å². The van der Waals surface area contributed by atoms with E-state index in [-0.39, 0.29) is 23.3 Å². The molecule has 6 nitrogen and oxygen atoms in total. The fourth-order valence-electron chi connectivity index (χ4n) is 2.31. The van der Waals surface area contributed by atoms with E-state index < -0.39 is 29.9 Å². The van der Waals surface area contributed by atoms with Gasteiger partial charge in [0.05, 0.1) is 0 Å². The van der Waals surface area contributed by atoms with Crippen LogP contribution in [0.2, 0.25) is 0 Å². The summed E-state index contributed by atoms with van der Waals surface area (Å²) in [5, 5.41) is 1.81. The van der Waals surface area contributed by atoms with Crippen LogP contribution in [0.3, 0.4) is 0 Å². The maximum Gasteiger partial charge on any atom is 0.285 e. The number of carbonyl (C=O) groups is 4. The molecule has 0 aliphatic carbocycles. The van der Waals surface area contributed by atoms with E-state index in [4.69, 9.17) is 0 Å². The third kappa shape index (κ3) is 2.49. The number of imide groups is 2. The molecule has 1 unspecified atom stereocenters. The molecule has 1 heterocycles. The molecule has 22 heavy (non-hydrogen) atoms. The molecule has 1 atom stereocenters. The summed E-state index contributed by atoms with van der Waals surface area (Å²) in [6, 6.07) is 4.83. The highest BCUT2D eigenvalue weighted by molar-refractivity contribution is 6.09. The second-order valence-corrected chi connectivity index (χ2v) is 5.16. The highest BCUT2D eigenvalue weighted by Gasteiger charge is 2.51. The molecule has 1 fully saturated rings. The van der Waals surface area contributed by atoms with Gasteiger partial charge in [-0.15, -0.1) is 0 Å². The molecule has 1 saturated heterocycles. The monoisotopic (exact) mass is 306 g/mol. The van der Waals surface area contributed by atoms with E-state index in [1.54, 1.807) is 26.0 Å². The highest BCUT2D eigenvalue weighted by atomic mass is 19.1. The summed E-state index contributed by atoms with van der Waals surface area (Å²) in [6.45, 7) is 3.44. The number of hydrogen-bond acceptors (Lipinski definition) is 4. The van der Waals surface area contributed by atoms with Crippen LogP contribution >= 0.6 is 0 Å². The first-order chi connectivity index (χ1) is 10.3. The molecule has 0 aromatic heterocycles. The Labute approximate surface area is 126 Å². The first-order valence-electron chi connectivity index (χ1n) is 6.69. The maximum atomic E-state index is 14.9. The largest absolute Gasteiger partial charge is 0.292 e. The Morgan fingerprint density at radius 2 is 2.05 bits per heavy atom. The molecular weight excluding hydrogens is 291 g/mol. The molecular formula is C15H15FN2O4. The van der Waals surface area contributed by atoms with Gasteiger partial charge in [0.15, 0.2) is 0 Å². The van der Waals surface area contributed by atoms with E-state index in [0.717, 1.165) is 5.56 Å². The molecule has 0 radical (unpaired) electrons. The molecule has 1 aromatic carbocycles. The normalized spacial score (nSPS) is 21.2. The minimum atomic E-state index is -2.86. The van der Waals surface area contributed by atoms with Crippen LogP contribution in [0.25, 0.3) is 0 Å². The SMILES string of the molecule is Cc1cccc(C(=O)N(C=O)C2(F)CCC(=O)NC2=O)c1C. The van der Waals surface area contributed by atoms with Gasteiger partial charge >= 0.3 is 0 Å². The van der Waals surface area contributed by atoms with E-state index in [2.05, 4.69) is 0 Å². The fourth-order valence-corrected chi connectivity index (χ4v) is 2.31. The molecule has 1 N–H and O–H groups in total. The van der Waals surface area contributed by atoms with Crippen molar-refractivity contribution < 1.29 is 23.6 Å². The lowest BCUT2D eigenvalue weighted by atomic mass is 9.98. The molecule has 1 aliphatic rings. The van der Waals surface area contributed by atoms with Crippen molar-refractivity contribution in [2.24, 2.45) is 0 Å². The Morgan fingerprint density at radius 3 is 2.64 bits per heavy atom. The first-order valence-corrected chi connectivity index (χ1v) is 6.69. The average Bonchev–Trinajstić information content (AvgIpc) is 2.47. The van der Waals surface area contributed by atoms with Crippen LogP contribution < -0.4 is 5.32 Å². The standard InChI is InChI=1S/C15H15FN2O4/c1-9-4-3-5-11(10(9)2)13(21)18(8-19)15(16)7-6-12(20)17-14(15)22/h3-5,8H,6-7H2,1-2H3,(H,17,20,22). The van der Waals surface area contributed by atoms with Crippen LogP contribution in [-0.2, 0) is 14.4 Å². The van der Waals surface area contributed by atoms with Crippen LogP contribution in [0.5, 0.6) is 0 Å². The number of alkyl halides is 1. The maximum absolute atomic E-state index is 14.9. The number of aryl methyl sites for hydroxylation is 1. The number of carbonyl (C=O) groups excluding carboxylic acids is 4. The highest BCUT2D eigenvalue weighted by Crippen LogP contribution is 2.28. The zero-order chi connectivity index (χ0) is 16.5. The summed E-state index contributed by atoms with van der Waals surface area (Å²) < 4.78 is 14.9. The number of hydrogen-bond donors (Lipinski definition) is 1. The van der Waals surface area contributed by atoms with Crippen molar-refractivity contribution in [2.75, 3.05) is 0 Å². The third-order valence-corrected chi connectivity index (χ3v) is 3.83. The molecule has 0 saturated carbocycles. The lowest BCUT2D eigenvalue weighted by molar-refractivity contribution is -0.157. The third-order valence-electron chi connectivity index (χ3n) is 3.83. The number of amides is 4. The number of benzene rings is 1. The second kappa shape index (κ2) is 5.67. The van der Waals surface area contributed by atoms with Crippen molar-refractivity contribution in [3.8, 4) is 0 Å². The zero-order valence-corrected chi connectivity index (χ0v) is 12.2. The van der Waals surface area contributed by atoms with Crippen molar-refractivity contribution in [3.05, 3.63) is 34.9 Å². The van der Waals surface area contributed by atoms with Crippen molar-refractivity contribution >= 4 is 24.1 Å². The lowest BCUT2D eigenvalue weighted by Gasteiger charge is -2.34. The predicted molar refractivity (Wildman–Crippen MR) is 74.4 cm³/mol. The van der Waals surface area contributed by atoms with Gasteiger partial charge in [-0.1, -0.05) is 12.1 Å². The van der Waals surface area contributed by atoms with Gasteiger partial charge in [-0.05, 0) is 31.0 Å². The molecule has 0 spiro atoms. The van der Waals surface area contributed by atoms with Gasteiger partial charge in [0.1, 0.15) is 0 Å². The lowest BCUT2D eigenvalue weighted by Crippen LogP contribution is -2.61. The zero-order valence-electron chi connectivity index (χ0n) is 12.2. The summed E-state index contributed by atoms with van der Waals surface area (Å²) in [7, 11) is 0. The number of rotatable bonds is 3. The van der Waals surface area contributed by atoms with Gasteiger partial charge in [-0.25, -0.2) is 9.29 Å². The smallest absolute Gasteiger partial charge is 0.285 e. The molecule has 1 aliphatic heterocycles. The molecule has 2 rings (SSSR count). The average molecular weight is 306 g/mol. The van der Waals surface area contributed by atoms with Gasteiger partial charge in [-0.2, -0.15) is 0 Å². The van der Waals surface area contributed by atoms with E-state index >= 15 is 0 Å². The number of nitrogens with zero attached hydrogens (tertiary/aromatic N) is 1. The second-order valence-electron chi connectivity index (χ2n) is 5.16. The summed E-state index contributed by atoms with van der Waals surface area (Å²) in [5.41, 5.74) is 1.52. The Hall–Kier alpha value is -2.57. The molecule has 0 bridgehead atoms. The van der Waals surface area contributed by atoms with Crippen molar-refractivity contribution in [3.63, 3.8) is 0 Å². The topological polar surface area (TPSA) is 83.6 Å². The Kier molecular flexibility index (Phi) is 4.07. The Morgan fingerprint density at radius 1 is 1.36 bits per heavy atom. The van der Waals surface area contributed by atoms with E-state index in [0.29, 0.717) is 5.56 Å². The fraction of sp³-hybridized carbons (Fsp3) is 0.333. The molecule has 116 valence electrons. The molecule has 1 aromatic rings. The number of nitrogens with one attached hydrogen (secondary N) is 1. The van der Waals surface area contributed by atoms with Crippen LogP contribution in [-0.4, -0.2) is 34.8 Å². The minimum absolute atomic E-state index is 0.0144. The summed E-state index contributed by atoms with van der Waals surface area (Å²) in [5.74, 6) is -5.70. The van der Waals surface area contributed by atoms with Crippen LogP contribution in [0, 0.1) is 13.8 Å². The number of piperidine rings is 1. The van der Waals surface area contributed by atoms with Gasteiger partial charge in [0, 0.05) is 18.4 Å². The number of halogens is 1. The molecule has 4 amide bonds. The van der Waals surface area contributed by atoms with Gasteiger partial charge in [-0.3, -0.25) is 24.5 Å².